The summed E-state index contributed by atoms with van der Waals surface area (Å²) in [5, 5.41) is 12.2. The molecule has 0 spiro atoms. The van der Waals surface area contributed by atoms with Gasteiger partial charge in [0.05, 0.1) is 0 Å². The summed E-state index contributed by atoms with van der Waals surface area (Å²) >= 11 is 0. The molecule has 0 atom stereocenters. The van der Waals surface area contributed by atoms with Crippen molar-refractivity contribution in [2.24, 2.45) is 0 Å². The summed E-state index contributed by atoms with van der Waals surface area (Å²) in [4.78, 5) is 14.1. The van der Waals surface area contributed by atoms with Gasteiger partial charge in [-0.25, -0.2) is 18.4 Å². The molecule has 1 rings (SSSR count). The first-order valence-electron chi connectivity index (χ1n) is 4.35. The minimum absolute atomic E-state index is 0.0356. The molecule has 0 aliphatic heterocycles. The molecule has 0 aromatic carbocycles. The lowest BCUT2D eigenvalue weighted by atomic mass is 10.2. The van der Waals surface area contributed by atoms with Gasteiger partial charge in [0.25, 0.3) is 0 Å². The summed E-state index contributed by atoms with van der Waals surface area (Å²) in [6, 6.07) is 0. The first-order chi connectivity index (χ1) is 6.88. The van der Waals surface area contributed by atoms with Gasteiger partial charge in [0.15, 0.2) is 0 Å². The zero-order chi connectivity index (χ0) is 11.5. The van der Waals surface area contributed by atoms with Crippen LogP contribution in [0.1, 0.15) is 19.2 Å². The van der Waals surface area contributed by atoms with Gasteiger partial charge < -0.3 is 5.11 Å². The van der Waals surface area contributed by atoms with Crippen molar-refractivity contribution in [3.8, 4) is 0 Å². The quantitative estimate of drug-likeness (QED) is 0.800. The molecule has 1 heterocycles. The predicted molar refractivity (Wildman–Crippen MR) is 46.6 cm³/mol. The average molecular weight is 219 g/mol. The Morgan fingerprint density at radius 2 is 2.33 bits per heavy atom. The molecule has 0 amide bonds. The molecule has 0 radical (unpaired) electrons. The van der Waals surface area contributed by atoms with Gasteiger partial charge in [0.1, 0.15) is 18.6 Å². The van der Waals surface area contributed by atoms with E-state index >= 15 is 0 Å². The lowest BCUT2D eigenvalue weighted by molar-refractivity contribution is -0.136. The molecule has 0 saturated heterocycles. The van der Waals surface area contributed by atoms with Crippen molar-refractivity contribution in [3.05, 3.63) is 12.2 Å². The van der Waals surface area contributed by atoms with E-state index in [1.165, 1.54) is 4.68 Å². The molecule has 84 valence electrons. The summed E-state index contributed by atoms with van der Waals surface area (Å²) < 4.78 is 26.2. The van der Waals surface area contributed by atoms with E-state index in [9.17, 15) is 13.6 Å². The standard InChI is InChI=1S/C8H11F2N3O2/c1-8(9,10)2-3-13-6(4-7(14)15)11-5-12-13/h5H,2-4H2,1H3,(H,14,15). The zero-order valence-electron chi connectivity index (χ0n) is 8.15. The van der Waals surface area contributed by atoms with Crippen LogP contribution < -0.4 is 0 Å². The lowest BCUT2D eigenvalue weighted by Gasteiger charge is -2.10. The van der Waals surface area contributed by atoms with Gasteiger partial charge in [0, 0.05) is 13.0 Å². The van der Waals surface area contributed by atoms with Crippen molar-refractivity contribution in [3.63, 3.8) is 0 Å². The van der Waals surface area contributed by atoms with Gasteiger partial charge in [-0.2, -0.15) is 5.10 Å². The number of nitrogens with zero attached hydrogens (tertiary/aromatic N) is 3. The zero-order valence-corrected chi connectivity index (χ0v) is 8.15. The van der Waals surface area contributed by atoms with Gasteiger partial charge in [-0.15, -0.1) is 0 Å². The van der Waals surface area contributed by atoms with Gasteiger partial charge >= 0.3 is 5.97 Å². The van der Waals surface area contributed by atoms with E-state index in [1.54, 1.807) is 0 Å². The summed E-state index contributed by atoms with van der Waals surface area (Å²) in [6.07, 6.45) is 0.463. The van der Waals surface area contributed by atoms with Crippen molar-refractivity contribution in [1.29, 1.82) is 0 Å². The third-order valence-corrected chi connectivity index (χ3v) is 1.77. The van der Waals surface area contributed by atoms with Gasteiger partial charge in [-0.1, -0.05) is 0 Å². The maximum atomic E-state index is 12.5. The topological polar surface area (TPSA) is 68.0 Å². The van der Waals surface area contributed by atoms with Crippen LogP contribution in [0.3, 0.4) is 0 Å². The number of carboxylic acid groups (broad SMARTS) is 1. The minimum Gasteiger partial charge on any atom is -0.481 e. The van der Waals surface area contributed by atoms with Crippen LogP contribution in [0.25, 0.3) is 0 Å². The van der Waals surface area contributed by atoms with Gasteiger partial charge in [-0.05, 0) is 6.92 Å². The Morgan fingerprint density at radius 1 is 1.67 bits per heavy atom. The number of halogens is 2. The van der Waals surface area contributed by atoms with E-state index in [-0.39, 0.29) is 25.2 Å². The fraction of sp³-hybridized carbons (Fsp3) is 0.625. The number of carbonyl (C=O) groups is 1. The fourth-order valence-corrected chi connectivity index (χ4v) is 1.05. The molecule has 5 nitrogen and oxygen atoms in total. The van der Waals surface area contributed by atoms with E-state index in [4.69, 9.17) is 5.11 Å². The van der Waals surface area contributed by atoms with Crippen molar-refractivity contribution in [2.45, 2.75) is 32.2 Å². The Hall–Kier alpha value is -1.53. The van der Waals surface area contributed by atoms with E-state index in [2.05, 4.69) is 10.1 Å². The van der Waals surface area contributed by atoms with Crippen LogP contribution in [0.2, 0.25) is 0 Å². The predicted octanol–water partition coefficient (Wildman–Crippen LogP) is 0.950. The highest BCUT2D eigenvalue weighted by Crippen LogP contribution is 2.17. The molecule has 1 aromatic rings. The van der Waals surface area contributed by atoms with Gasteiger partial charge in [0.2, 0.25) is 5.92 Å². The van der Waals surface area contributed by atoms with Crippen LogP contribution in [0.4, 0.5) is 8.78 Å². The molecule has 0 aliphatic rings. The normalized spacial score (nSPS) is 11.7. The molecular weight excluding hydrogens is 208 g/mol. The van der Waals surface area contributed by atoms with Crippen molar-refractivity contribution in [1.82, 2.24) is 14.8 Å². The largest absolute Gasteiger partial charge is 0.481 e. The molecule has 1 aromatic heterocycles. The Morgan fingerprint density at radius 3 is 2.87 bits per heavy atom. The molecule has 0 bridgehead atoms. The number of aryl methyl sites for hydroxylation is 1. The molecule has 15 heavy (non-hydrogen) atoms. The molecule has 0 saturated carbocycles. The van der Waals surface area contributed by atoms with Crippen molar-refractivity contribution < 1.29 is 18.7 Å². The minimum atomic E-state index is -2.79. The maximum absolute atomic E-state index is 12.5. The van der Waals surface area contributed by atoms with E-state index in [1.807, 2.05) is 0 Å². The van der Waals surface area contributed by atoms with Crippen LogP contribution in [-0.2, 0) is 17.8 Å². The molecule has 1 N–H and O–H groups in total. The highest BCUT2D eigenvalue weighted by Gasteiger charge is 2.21. The second-order valence-corrected chi connectivity index (χ2v) is 3.29. The maximum Gasteiger partial charge on any atom is 0.311 e. The van der Waals surface area contributed by atoms with Crippen LogP contribution in [-0.4, -0.2) is 31.8 Å². The van der Waals surface area contributed by atoms with Crippen LogP contribution in [0, 0.1) is 0 Å². The summed E-state index contributed by atoms with van der Waals surface area (Å²) in [7, 11) is 0. The summed E-state index contributed by atoms with van der Waals surface area (Å²) in [5.74, 6) is -3.66. The molecule has 7 heteroatoms. The number of alkyl halides is 2. The average Bonchev–Trinajstić information content (AvgIpc) is 2.46. The van der Waals surface area contributed by atoms with Crippen molar-refractivity contribution >= 4 is 5.97 Å². The van der Waals surface area contributed by atoms with Crippen LogP contribution in [0.5, 0.6) is 0 Å². The SMILES string of the molecule is CC(F)(F)CCn1ncnc1CC(=O)O. The van der Waals surface area contributed by atoms with E-state index < -0.39 is 11.9 Å². The first kappa shape index (κ1) is 11.5. The van der Waals surface area contributed by atoms with Gasteiger partial charge in [-0.3, -0.25) is 4.79 Å². The van der Waals surface area contributed by atoms with E-state index in [0.717, 1.165) is 13.3 Å². The van der Waals surface area contributed by atoms with Crippen LogP contribution in [0.15, 0.2) is 6.33 Å². The Labute approximate surface area is 84.7 Å². The second-order valence-electron chi connectivity index (χ2n) is 3.29. The highest BCUT2D eigenvalue weighted by molar-refractivity contribution is 5.68. The molecular formula is C8H11F2N3O2. The Bertz CT molecular complexity index is 346. The number of hydrogen-bond acceptors (Lipinski definition) is 3. The number of aliphatic carboxylic acids is 1. The Balaban J connectivity index is 2.61. The number of rotatable bonds is 5. The highest BCUT2D eigenvalue weighted by atomic mass is 19.3. The number of hydrogen-bond donors (Lipinski definition) is 1. The summed E-state index contributed by atoms with van der Waals surface area (Å²) in [6.45, 7) is 0.771. The third kappa shape index (κ3) is 4.01. The first-order valence-corrected chi connectivity index (χ1v) is 4.35. The lowest BCUT2D eigenvalue weighted by Crippen LogP contribution is -2.17. The molecule has 0 unspecified atom stereocenters. The van der Waals surface area contributed by atoms with Crippen LogP contribution >= 0.6 is 0 Å². The molecule has 0 aliphatic carbocycles. The monoisotopic (exact) mass is 219 g/mol. The summed E-state index contributed by atoms with van der Waals surface area (Å²) in [5.41, 5.74) is 0. The number of aromatic nitrogens is 3. The fourth-order valence-electron chi connectivity index (χ4n) is 1.05. The number of carboxylic acids is 1. The van der Waals surface area contributed by atoms with Crippen molar-refractivity contribution in [2.75, 3.05) is 0 Å². The smallest absolute Gasteiger partial charge is 0.311 e. The van der Waals surface area contributed by atoms with E-state index in [0.29, 0.717) is 0 Å². The second kappa shape index (κ2) is 4.33. The molecule has 0 fully saturated rings. The third-order valence-electron chi connectivity index (χ3n) is 1.77. The Kier molecular flexibility index (Phi) is 3.33.